The predicted molar refractivity (Wildman–Crippen MR) is 221 cm³/mol. The molecular formula is C39H96O10. The summed E-state index contributed by atoms with van der Waals surface area (Å²) < 4.78 is 30.0. The molecule has 0 aliphatic rings. The van der Waals surface area contributed by atoms with Crippen molar-refractivity contribution in [2.75, 3.05) is 75.7 Å². The summed E-state index contributed by atoms with van der Waals surface area (Å²) >= 11 is 0. The van der Waals surface area contributed by atoms with Crippen molar-refractivity contribution in [1.82, 2.24) is 0 Å². The normalized spacial score (nSPS) is 8.71. The second-order valence-corrected chi connectivity index (χ2v) is 9.26. The highest BCUT2D eigenvalue weighted by atomic mass is 16.5. The van der Waals surface area contributed by atoms with E-state index >= 15 is 0 Å². The van der Waals surface area contributed by atoms with Gasteiger partial charge in [-0.15, -0.1) is 0 Å². The highest BCUT2D eigenvalue weighted by molar-refractivity contribution is 5.97. The SMILES string of the molecule is C.C.C.C.C.C.C.C.C.C.C=C(CC(C)=O)C(C)=O.COC(C)C(C)=O.COCC(COC)(COC)COC.COCCCCCC(C)=O. The van der Waals surface area contributed by atoms with E-state index in [9.17, 15) is 19.2 Å². The highest BCUT2D eigenvalue weighted by Gasteiger charge is 2.30. The lowest BCUT2D eigenvalue weighted by atomic mass is 9.92. The number of hydrogen-bond donors (Lipinski definition) is 0. The first-order chi connectivity index (χ1) is 18.2. The molecule has 0 aromatic heterocycles. The average Bonchev–Trinajstić information content (AvgIpc) is 2.84. The summed E-state index contributed by atoms with van der Waals surface area (Å²) in [7, 11) is 9.87. The lowest BCUT2D eigenvalue weighted by Crippen LogP contribution is -2.40. The number of rotatable bonds is 19. The molecule has 0 radical (unpaired) electrons. The van der Waals surface area contributed by atoms with Gasteiger partial charge in [-0.25, -0.2) is 0 Å². The van der Waals surface area contributed by atoms with Crippen LogP contribution in [0.4, 0.5) is 0 Å². The third-order valence-electron chi connectivity index (χ3n) is 5.07. The zero-order chi connectivity index (χ0) is 31.3. The molecule has 49 heavy (non-hydrogen) atoms. The molecule has 0 aromatic carbocycles. The van der Waals surface area contributed by atoms with Gasteiger partial charge in [-0.1, -0.05) is 87.3 Å². The van der Waals surface area contributed by atoms with E-state index in [0.29, 0.717) is 32.0 Å². The van der Waals surface area contributed by atoms with Crippen LogP contribution in [0.2, 0.25) is 0 Å². The molecule has 0 amide bonds. The Bertz CT molecular complexity index is 620. The third-order valence-corrected chi connectivity index (χ3v) is 5.07. The van der Waals surface area contributed by atoms with Gasteiger partial charge in [0.05, 0.1) is 31.8 Å². The van der Waals surface area contributed by atoms with Crippen LogP contribution >= 0.6 is 0 Å². The Labute approximate surface area is 310 Å². The number of Topliss-reactive ketones (excluding diaryl/α,β-unsaturated/α-hetero) is 4. The van der Waals surface area contributed by atoms with E-state index in [4.69, 9.17) is 23.7 Å². The fraction of sp³-hybridized carbons (Fsp3) is 0.846. The lowest BCUT2D eigenvalue weighted by Gasteiger charge is -2.30. The van der Waals surface area contributed by atoms with Gasteiger partial charge in [0.15, 0.2) is 11.6 Å². The second kappa shape index (κ2) is 64.7. The Balaban J connectivity index is -0.0000000265. The first-order valence-corrected chi connectivity index (χ1v) is 12.9. The average molecular weight is 725 g/mol. The molecule has 0 spiro atoms. The zero-order valence-corrected chi connectivity index (χ0v) is 26.4. The fourth-order valence-electron chi connectivity index (χ4n) is 2.86. The minimum Gasteiger partial charge on any atom is -0.385 e. The largest absolute Gasteiger partial charge is 0.385 e. The Morgan fingerprint density at radius 1 is 0.551 bits per heavy atom. The van der Waals surface area contributed by atoms with E-state index < -0.39 is 0 Å². The van der Waals surface area contributed by atoms with Gasteiger partial charge in [0.2, 0.25) is 0 Å². The van der Waals surface area contributed by atoms with Crippen LogP contribution in [-0.4, -0.2) is 105 Å². The minimum atomic E-state index is -0.236. The number of ether oxygens (including phenoxy) is 6. The smallest absolute Gasteiger partial charge is 0.158 e. The molecule has 0 saturated heterocycles. The number of carbonyl (C=O) groups excluding carboxylic acids is 4. The summed E-state index contributed by atoms with van der Waals surface area (Å²) in [6, 6.07) is 0. The maximum absolute atomic E-state index is 10.4. The van der Waals surface area contributed by atoms with Gasteiger partial charge in [0.25, 0.3) is 0 Å². The van der Waals surface area contributed by atoms with E-state index in [-0.39, 0.29) is 115 Å². The second-order valence-electron chi connectivity index (χ2n) is 9.26. The monoisotopic (exact) mass is 725 g/mol. The van der Waals surface area contributed by atoms with E-state index in [1.165, 1.54) is 27.9 Å². The van der Waals surface area contributed by atoms with Crippen LogP contribution in [0.3, 0.4) is 0 Å². The molecule has 312 valence electrons. The Morgan fingerprint density at radius 3 is 1.06 bits per heavy atom. The summed E-state index contributed by atoms with van der Waals surface area (Å²) in [4.78, 5) is 41.5. The number of unbranched alkanes of at least 4 members (excludes halogenated alkanes) is 2. The first kappa shape index (κ1) is 91.4. The Kier molecular flexibility index (Phi) is 121. The number of hydrogen-bond acceptors (Lipinski definition) is 10. The maximum Gasteiger partial charge on any atom is 0.158 e. The van der Waals surface area contributed by atoms with Crippen molar-refractivity contribution < 1.29 is 47.6 Å². The van der Waals surface area contributed by atoms with Gasteiger partial charge < -0.3 is 33.2 Å². The van der Waals surface area contributed by atoms with E-state index in [1.807, 2.05) is 0 Å². The summed E-state index contributed by atoms with van der Waals surface area (Å²) in [6.07, 6.45) is 3.87. The molecule has 0 aromatic rings. The van der Waals surface area contributed by atoms with Crippen LogP contribution in [0.25, 0.3) is 0 Å². The van der Waals surface area contributed by atoms with Crippen molar-refractivity contribution in [2.45, 2.75) is 147 Å². The first-order valence-electron chi connectivity index (χ1n) is 12.9. The van der Waals surface area contributed by atoms with Crippen LogP contribution in [0.1, 0.15) is 141 Å². The molecule has 0 bridgehead atoms. The van der Waals surface area contributed by atoms with Gasteiger partial charge in [0.1, 0.15) is 17.7 Å². The molecule has 10 nitrogen and oxygen atoms in total. The van der Waals surface area contributed by atoms with E-state index in [2.05, 4.69) is 11.3 Å². The van der Waals surface area contributed by atoms with Crippen molar-refractivity contribution >= 4 is 23.1 Å². The quantitative estimate of drug-likeness (QED) is 0.0939. The molecule has 1 atom stereocenters. The van der Waals surface area contributed by atoms with Gasteiger partial charge in [-0.3, -0.25) is 14.4 Å². The molecular weight excluding hydrogens is 628 g/mol. The maximum atomic E-state index is 10.4. The number of carbonyl (C=O) groups is 4. The van der Waals surface area contributed by atoms with Gasteiger partial charge >= 0.3 is 0 Å². The number of allylic oxidation sites excluding steroid dienone is 1. The van der Waals surface area contributed by atoms with E-state index in [1.54, 1.807) is 49.4 Å². The van der Waals surface area contributed by atoms with Crippen molar-refractivity contribution in [3.05, 3.63) is 12.2 Å². The molecule has 1 unspecified atom stereocenters. The van der Waals surface area contributed by atoms with E-state index in [0.717, 1.165) is 32.3 Å². The van der Waals surface area contributed by atoms with Gasteiger partial charge in [-0.05, 0) is 53.0 Å². The van der Waals surface area contributed by atoms with Crippen LogP contribution < -0.4 is 0 Å². The summed E-state index contributed by atoms with van der Waals surface area (Å²) in [5.74, 6) is 0.236. The van der Waals surface area contributed by atoms with Crippen molar-refractivity contribution in [2.24, 2.45) is 5.41 Å². The van der Waals surface area contributed by atoms with Crippen molar-refractivity contribution in [1.29, 1.82) is 0 Å². The van der Waals surface area contributed by atoms with Crippen LogP contribution in [-0.2, 0) is 47.6 Å². The molecule has 0 N–H and O–H groups in total. The molecule has 0 saturated carbocycles. The summed E-state index contributed by atoms with van der Waals surface area (Å²) in [6.45, 7) is 14.2. The molecule has 0 aliphatic carbocycles. The topological polar surface area (TPSA) is 124 Å². The Morgan fingerprint density at radius 2 is 0.898 bits per heavy atom. The van der Waals surface area contributed by atoms with Crippen LogP contribution in [0.5, 0.6) is 0 Å². The van der Waals surface area contributed by atoms with Crippen molar-refractivity contribution in [3.63, 3.8) is 0 Å². The molecule has 0 fully saturated rings. The summed E-state index contributed by atoms with van der Waals surface area (Å²) in [5.41, 5.74) is 0.204. The summed E-state index contributed by atoms with van der Waals surface area (Å²) in [5, 5.41) is 0. The fourth-order valence-corrected chi connectivity index (χ4v) is 2.86. The molecule has 0 rings (SSSR count). The third kappa shape index (κ3) is 72.8. The van der Waals surface area contributed by atoms with Crippen LogP contribution in [0.15, 0.2) is 12.2 Å². The lowest BCUT2D eigenvalue weighted by molar-refractivity contribution is -0.125. The van der Waals surface area contributed by atoms with Crippen molar-refractivity contribution in [3.8, 4) is 0 Å². The van der Waals surface area contributed by atoms with Crippen LogP contribution in [0, 0.1) is 5.41 Å². The number of ketones is 4. The molecule has 0 aliphatic heterocycles. The van der Waals surface area contributed by atoms with Gasteiger partial charge in [0, 0.05) is 62.1 Å². The predicted octanol–water partition coefficient (Wildman–Crippen LogP) is 10.4. The van der Waals surface area contributed by atoms with Gasteiger partial charge in [-0.2, -0.15) is 0 Å². The highest BCUT2D eigenvalue weighted by Crippen LogP contribution is 2.19. The minimum absolute atomic E-state index is 0. The molecule has 10 heteroatoms. The standard InChI is InChI=1S/C9H20O4.C8H16O2.C7H10O2.C5H10O2.10CH4/c1-10-5-9(6-11-2,7-12-3)8-13-4;1-8(9)6-4-3-5-7-10-2;1-5(7(3)9)4-6(2)8;1-4(6)5(2)7-3;;;;;;;;;;/h5-8H2,1-4H3;3-7H2,1-2H3;1,4H2,2-3H3;5H,1-3H3;10*1H4. The number of methoxy groups -OCH3 is 6. The zero-order valence-electron chi connectivity index (χ0n) is 26.4. The molecule has 0 heterocycles. The Hall–Kier alpha value is -1.82.